The molecule has 0 saturated carbocycles. The van der Waals surface area contributed by atoms with E-state index in [1.807, 2.05) is 23.1 Å². The van der Waals surface area contributed by atoms with Crippen LogP contribution in [0.1, 0.15) is 10.4 Å². The van der Waals surface area contributed by atoms with Crippen molar-refractivity contribution >= 4 is 33.8 Å². The molecule has 1 aliphatic heterocycles. The van der Waals surface area contributed by atoms with Crippen LogP contribution in [-0.4, -0.2) is 74.2 Å². The highest BCUT2D eigenvalue weighted by atomic mass is 19.4. The summed E-state index contributed by atoms with van der Waals surface area (Å²) in [7, 11) is 0. The summed E-state index contributed by atoms with van der Waals surface area (Å²) in [5.74, 6) is -3.19. The smallest absolute Gasteiger partial charge is 0.475 e. The third-order valence-corrected chi connectivity index (χ3v) is 6.48. The Morgan fingerprint density at radius 1 is 0.951 bits per heavy atom. The van der Waals surface area contributed by atoms with Gasteiger partial charge in [0.1, 0.15) is 11.5 Å². The highest BCUT2D eigenvalue weighted by Gasteiger charge is 2.38. The number of carboxylic acids is 1. The summed E-state index contributed by atoms with van der Waals surface area (Å²) in [6, 6.07) is 12.9. The van der Waals surface area contributed by atoms with Crippen LogP contribution in [-0.2, 0) is 4.79 Å². The van der Waals surface area contributed by atoms with E-state index in [0.29, 0.717) is 40.8 Å². The van der Waals surface area contributed by atoms with E-state index in [9.17, 15) is 18.0 Å². The molecule has 0 aliphatic carbocycles. The SMILES string of the molecule is O=C(O)C(F)(F)F.O=C(c1ccc(-c2c(F)cnc3[nH]c4cnc(-c5cccnc5)cc4c23)cc1)N1CCNCC1. The third kappa shape index (κ3) is 5.84. The van der Waals surface area contributed by atoms with E-state index >= 15 is 4.39 Å². The molecule has 9 nitrogen and oxygen atoms in total. The summed E-state index contributed by atoms with van der Waals surface area (Å²) < 4.78 is 46.9. The minimum atomic E-state index is -5.08. The van der Waals surface area contributed by atoms with Gasteiger partial charge in [0.05, 0.1) is 23.6 Å². The van der Waals surface area contributed by atoms with Crippen LogP contribution < -0.4 is 5.32 Å². The van der Waals surface area contributed by atoms with Crippen molar-refractivity contribution in [2.45, 2.75) is 6.18 Å². The zero-order chi connectivity index (χ0) is 29.1. The summed E-state index contributed by atoms with van der Waals surface area (Å²) in [6.07, 6.45) is 1.33. The number of aliphatic carboxylic acids is 1. The predicted molar refractivity (Wildman–Crippen MR) is 142 cm³/mol. The summed E-state index contributed by atoms with van der Waals surface area (Å²) in [4.78, 5) is 39.8. The molecule has 1 fully saturated rings. The van der Waals surface area contributed by atoms with Crippen LogP contribution in [0.5, 0.6) is 0 Å². The number of rotatable bonds is 3. The van der Waals surface area contributed by atoms with Gasteiger partial charge in [-0.15, -0.1) is 0 Å². The standard InChI is InChI=1S/C26H21FN6O.C2HF3O2/c27-20-14-31-25-24(19-12-21(30-15-22(19)32-25)18-2-1-7-29-13-18)23(20)16-3-5-17(6-4-16)26(34)33-10-8-28-9-11-33;3-2(4,5)1(6)7/h1-7,12-15,28H,8-11H2,(H,31,32);(H,6,7). The Morgan fingerprint density at radius 2 is 1.66 bits per heavy atom. The lowest BCUT2D eigenvalue weighted by atomic mass is 9.99. The van der Waals surface area contributed by atoms with Crippen LogP contribution in [0.3, 0.4) is 0 Å². The number of halogens is 4. The normalized spacial score (nSPS) is 13.6. The fraction of sp³-hybridized carbons (Fsp3) is 0.179. The maximum absolute atomic E-state index is 15.2. The molecule has 5 aromatic rings. The number of nitrogens with one attached hydrogen (secondary N) is 2. The van der Waals surface area contributed by atoms with E-state index < -0.39 is 18.0 Å². The Morgan fingerprint density at radius 3 is 2.29 bits per heavy atom. The molecule has 1 aromatic carbocycles. The van der Waals surface area contributed by atoms with E-state index in [-0.39, 0.29) is 5.91 Å². The lowest BCUT2D eigenvalue weighted by molar-refractivity contribution is -0.192. The third-order valence-electron chi connectivity index (χ3n) is 6.48. The van der Waals surface area contributed by atoms with Crippen LogP contribution >= 0.6 is 0 Å². The van der Waals surface area contributed by atoms with Gasteiger partial charge in [0.25, 0.3) is 5.91 Å². The molecule has 13 heteroatoms. The zero-order valence-corrected chi connectivity index (χ0v) is 21.2. The number of fused-ring (bicyclic) bond motifs is 3. The Kier molecular flexibility index (Phi) is 7.62. The quantitative estimate of drug-likeness (QED) is 0.272. The van der Waals surface area contributed by atoms with E-state index in [2.05, 4.69) is 25.3 Å². The molecule has 0 bridgehead atoms. The number of amides is 1. The number of hydrogen-bond donors (Lipinski definition) is 3. The molecule has 0 atom stereocenters. The average molecular weight is 567 g/mol. The second-order valence-corrected chi connectivity index (χ2v) is 9.11. The van der Waals surface area contributed by atoms with Crippen LogP contribution in [0, 0.1) is 5.82 Å². The Balaban J connectivity index is 0.000000431. The molecule has 1 aliphatic rings. The van der Waals surface area contributed by atoms with Crippen molar-refractivity contribution in [3.8, 4) is 22.4 Å². The van der Waals surface area contributed by atoms with Crippen molar-refractivity contribution in [1.29, 1.82) is 0 Å². The Labute approximate surface area is 229 Å². The number of carboxylic acid groups (broad SMARTS) is 1. The fourth-order valence-electron chi connectivity index (χ4n) is 4.52. The number of aromatic amines is 1. The molecule has 4 aromatic heterocycles. The highest BCUT2D eigenvalue weighted by molar-refractivity contribution is 6.13. The number of piperazine rings is 1. The summed E-state index contributed by atoms with van der Waals surface area (Å²) in [5, 5.41) is 11.9. The molecular formula is C28H22F4N6O3. The molecule has 1 amide bonds. The predicted octanol–water partition coefficient (Wildman–Crippen LogP) is 4.66. The van der Waals surface area contributed by atoms with Gasteiger partial charge in [0.2, 0.25) is 0 Å². The maximum atomic E-state index is 15.2. The van der Waals surface area contributed by atoms with E-state index in [0.717, 1.165) is 35.2 Å². The van der Waals surface area contributed by atoms with Gasteiger partial charge in [-0.1, -0.05) is 12.1 Å². The number of nitrogens with zero attached hydrogens (tertiary/aromatic N) is 4. The summed E-state index contributed by atoms with van der Waals surface area (Å²) >= 11 is 0. The lowest BCUT2D eigenvalue weighted by Crippen LogP contribution is -2.46. The van der Waals surface area contributed by atoms with Crippen LogP contribution in [0.15, 0.2) is 67.3 Å². The van der Waals surface area contributed by atoms with Gasteiger partial charge in [-0.25, -0.2) is 14.2 Å². The van der Waals surface area contributed by atoms with Crippen molar-refractivity contribution < 1.29 is 32.3 Å². The number of alkyl halides is 3. The summed E-state index contributed by atoms with van der Waals surface area (Å²) in [6.45, 7) is 2.95. The summed E-state index contributed by atoms with van der Waals surface area (Å²) in [5.41, 5.74) is 4.70. The van der Waals surface area contributed by atoms with E-state index in [4.69, 9.17) is 9.90 Å². The van der Waals surface area contributed by atoms with Crippen molar-refractivity contribution in [1.82, 2.24) is 30.2 Å². The average Bonchev–Trinajstić information content (AvgIpc) is 3.35. The van der Waals surface area contributed by atoms with Gasteiger partial charge in [0, 0.05) is 66.0 Å². The first kappa shape index (κ1) is 27.6. The highest BCUT2D eigenvalue weighted by Crippen LogP contribution is 2.36. The molecule has 5 heterocycles. The van der Waals surface area contributed by atoms with Crippen molar-refractivity contribution in [2.24, 2.45) is 0 Å². The van der Waals surface area contributed by atoms with Crippen LogP contribution in [0.4, 0.5) is 17.6 Å². The van der Waals surface area contributed by atoms with Crippen molar-refractivity contribution in [2.75, 3.05) is 26.2 Å². The number of carbonyl (C=O) groups excluding carboxylic acids is 1. The maximum Gasteiger partial charge on any atom is 0.490 e. The van der Waals surface area contributed by atoms with Crippen LogP contribution in [0.25, 0.3) is 44.3 Å². The minimum Gasteiger partial charge on any atom is -0.475 e. The van der Waals surface area contributed by atoms with Gasteiger partial charge < -0.3 is 20.3 Å². The monoisotopic (exact) mass is 566 g/mol. The molecule has 210 valence electrons. The molecule has 3 N–H and O–H groups in total. The van der Waals surface area contributed by atoms with Crippen LogP contribution in [0.2, 0.25) is 0 Å². The fourth-order valence-corrected chi connectivity index (χ4v) is 4.52. The Bertz CT molecular complexity index is 1720. The van der Waals surface area contributed by atoms with Gasteiger partial charge in [0.15, 0.2) is 0 Å². The topological polar surface area (TPSA) is 124 Å². The van der Waals surface area contributed by atoms with E-state index in [1.54, 1.807) is 42.9 Å². The number of pyridine rings is 3. The Hall–Kier alpha value is -4.91. The molecule has 0 unspecified atom stereocenters. The number of aromatic nitrogens is 4. The molecule has 6 rings (SSSR count). The van der Waals surface area contributed by atoms with Crippen molar-refractivity contribution in [3.05, 3.63) is 78.6 Å². The first-order chi connectivity index (χ1) is 19.6. The first-order valence-corrected chi connectivity index (χ1v) is 12.4. The van der Waals surface area contributed by atoms with Gasteiger partial charge >= 0.3 is 12.1 Å². The molecule has 0 radical (unpaired) electrons. The molecule has 1 saturated heterocycles. The van der Waals surface area contributed by atoms with Gasteiger partial charge in [-0.05, 0) is 35.9 Å². The number of hydrogen-bond acceptors (Lipinski definition) is 6. The molecule has 41 heavy (non-hydrogen) atoms. The van der Waals surface area contributed by atoms with Crippen molar-refractivity contribution in [3.63, 3.8) is 0 Å². The number of benzene rings is 1. The minimum absolute atomic E-state index is 0.00678. The second kappa shape index (κ2) is 11.3. The zero-order valence-electron chi connectivity index (χ0n) is 21.2. The van der Waals surface area contributed by atoms with E-state index in [1.165, 1.54) is 6.20 Å². The molecular weight excluding hydrogens is 544 g/mol. The number of H-pyrrole nitrogens is 1. The van der Waals surface area contributed by atoms with Gasteiger partial charge in [-0.2, -0.15) is 13.2 Å². The molecule has 0 spiro atoms. The number of carbonyl (C=O) groups is 2. The van der Waals surface area contributed by atoms with Gasteiger partial charge in [-0.3, -0.25) is 14.8 Å². The largest absolute Gasteiger partial charge is 0.490 e. The second-order valence-electron chi connectivity index (χ2n) is 9.11. The lowest BCUT2D eigenvalue weighted by Gasteiger charge is -2.27. The first-order valence-electron chi connectivity index (χ1n) is 12.4.